The Morgan fingerprint density at radius 3 is 2.67 bits per heavy atom. The molecule has 0 N–H and O–H groups in total. The summed E-state index contributed by atoms with van der Waals surface area (Å²) in [7, 11) is 3.79. The Bertz CT molecular complexity index is 896. The normalized spacial score (nSPS) is 23.4. The predicted molar refractivity (Wildman–Crippen MR) is 100 cm³/mol. The number of carbonyl (C=O) groups is 2. The van der Waals surface area contributed by atoms with E-state index in [0.29, 0.717) is 31.0 Å². The highest BCUT2D eigenvalue weighted by molar-refractivity contribution is 5.96. The SMILES string of the molecule is CN1CC(=O)N(c2cccc(F)c2)C[C@@]12CCN(C(=O)c1cccn1C)C2. The summed E-state index contributed by atoms with van der Waals surface area (Å²) >= 11 is 0. The van der Waals surface area contributed by atoms with Crippen LogP contribution in [0.3, 0.4) is 0 Å². The van der Waals surface area contributed by atoms with Gasteiger partial charge in [-0.15, -0.1) is 0 Å². The number of aromatic nitrogens is 1. The highest BCUT2D eigenvalue weighted by atomic mass is 19.1. The molecular weight excluding hydrogens is 347 g/mol. The lowest BCUT2D eigenvalue weighted by atomic mass is 9.92. The molecule has 7 heteroatoms. The number of anilines is 1. The molecule has 2 aromatic rings. The Morgan fingerprint density at radius 1 is 1.15 bits per heavy atom. The van der Waals surface area contributed by atoms with Crippen molar-refractivity contribution in [1.29, 1.82) is 0 Å². The molecule has 0 saturated carbocycles. The third-order valence-corrected chi connectivity index (χ3v) is 5.84. The first-order chi connectivity index (χ1) is 12.9. The van der Waals surface area contributed by atoms with Gasteiger partial charge in [0.25, 0.3) is 5.91 Å². The Kier molecular flexibility index (Phi) is 4.26. The number of rotatable bonds is 2. The van der Waals surface area contributed by atoms with Gasteiger partial charge >= 0.3 is 0 Å². The zero-order chi connectivity index (χ0) is 19.2. The van der Waals surface area contributed by atoms with Crippen molar-refractivity contribution in [2.45, 2.75) is 12.0 Å². The van der Waals surface area contributed by atoms with Crippen LogP contribution in [0.5, 0.6) is 0 Å². The average Bonchev–Trinajstić information content (AvgIpc) is 3.25. The van der Waals surface area contributed by atoms with Gasteiger partial charge in [-0.1, -0.05) is 6.07 Å². The average molecular weight is 370 g/mol. The van der Waals surface area contributed by atoms with Crippen LogP contribution in [0.25, 0.3) is 0 Å². The van der Waals surface area contributed by atoms with E-state index in [4.69, 9.17) is 0 Å². The summed E-state index contributed by atoms with van der Waals surface area (Å²) in [4.78, 5) is 31.0. The van der Waals surface area contributed by atoms with Gasteiger partial charge in [0.1, 0.15) is 11.5 Å². The van der Waals surface area contributed by atoms with Gasteiger partial charge in [0.15, 0.2) is 0 Å². The molecule has 0 aliphatic carbocycles. The number of likely N-dealkylation sites (N-methyl/N-ethyl adjacent to an activating group) is 1. The molecule has 2 saturated heterocycles. The molecule has 1 aromatic heterocycles. The van der Waals surface area contributed by atoms with Gasteiger partial charge in [0, 0.05) is 38.6 Å². The van der Waals surface area contributed by atoms with Crippen LogP contribution >= 0.6 is 0 Å². The van der Waals surface area contributed by atoms with Crippen molar-refractivity contribution in [1.82, 2.24) is 14.4 Å². The van der Waals surface area contributed by atoms with Gasteiger partial charge < -0.3 is 14.4 Å². The van der Waals surface area contributed by atoms with Crippen molar-refractivity contribution < 1.29 is 14.0 Å². The zero-order valence-corrected chi connectivity index (χ0v) is 15.6. The van der Waals surface area contributed by atoms with E-state index in [-0.39, 0.29) is 29.7 Å². The lowest BCUT2D eigenvalue weighted by molar-refractivity contribution is -0.123. The summed E-state index contributed by atoms with van der Waals surface area (Å²) in [6.45, 7) is 1.89. The summed E-state index contributed by atoms with van der Waals surface area (Å²) in [6, 6.07) is 9.80. The van der Waals surface area contributed by atoms with E-state index in [0.717, 1.165) is 6.42 Å². The maximum Gasteiger partial charge on any atom is 0.270 e. The van der Waals surface area contributed by atoms with E-state index in [1.54, 1.807) is 17.0 Å². The maximum absolute atomic E-state index is 13.7. The van der Waals surface area contributed by atoms with Gasteiger partial charge in [-0.25, -0.2) is 4.39 Å². The van der Waals surface area contributed by atoms with Crippen molar-refractivity contribution in [3.8, 4) is 0 Å². The van der Waals surface area contributed by atoms with Gasteiger partial charge in [0.2, 0.25) is 5.91 Å². The van der Waals surface area contributed by atoms with Crippen LogP contribution in [0.15, 0.2) is 42.6 Å². The summed E-state index contributed by atoms with van der Waals surface area (Å²) in [6.07, 6.45) is 2.63. The molecule has 2 amide bonds. The van der Waals surface area contributed by atoms with Gasteiger partial charge in [0.05, 0.1) is 12.1 Å². The molecule has 0 radical (unpaired) electrons. The van der Waals surface area contributed by atoms with Crippen LogP contribution in [0.1, 0.15) is 16.9 Å². The highest BCUT2D eigenvalue weighted by Crippen LogP contribution is 2.34. The lowest BCUT2D eigenvalue weighted by Crippen LogP contribution is -2.64. The van der Waals surface area contributed by atoms with Crippen molar-refractivity contribution in [3.63, 3.8) is 0 Å². The first-order valence-electron chi connectivity index (χ1n) is 9.07. The molecule has 27 heavy (non-hydrogen) atoms. The Labute approximate surface area is 157 Å². The molecule has 4 rings (SSSR count). The standard InChI is InChI=1S/C20H23FN4O2/c1-22-9-4-7-17(22)19(27)24-10-8-20(13-24)14-25(18(26)12-23(20)2)16-6-3-5-15(21)11-16/h3-7,9,11H,8,10,12-14H2,1-2H3/t20-/m0/s1. The molecule has 2 aliphatic heterocycles. The molecule has 2 fully saturated rings. The van der Waals surface area contributed by atoms with Crippen LogP contribution in [-0.4, -0.2) is 64.9 Å². The quantitative estimate of drug-likeness (QED) is 0.809. The number of likely N-dealkylation sites (tertiary alicyclic amines) is 1. The summed E-state index contributed by atoms with van der Waals surface area (Å²) < 4.78 is 15.5. The Morgan fingerprint density at radius 2 is 1.96 bits per heavy atom. The smallest absolute Gasteiger partial charge is 0.270 e. The summed E-state index contributed by atoms with van der Waals surface area (Å²) in [5.74, 6) is -0.414. The first kappa shape index (κ1) is 17.7. The van der Waals surface area contributed by atoms with Gasteiger partial charge in [-0.3, -0.25) is 14.5 Å². The summed E-state index contributed by atoms with van der Waals surface area (Å²) in [5, 5.41) is 0. The number of benzene rings is 1. The molecule has 2 aliphatic rings. The van der Waals surface area contributed by atoms with E-state index in [2.05, 4.69) is 0 Å². The number of halogens is 1. The molecule has 1 atom stereocenters. The topological polar surface area (TPSA) is 48.8 Å². The number of amides is 2. The Balaban J connectivity index is 1.58. The second-order valence-electron chi connectivity index (χ2n) is 7.52. The largest absolute Gasteiger partial charge is 0.347 e. The van der Waals surface area contributed by atoms with Crippen LogP contribution in [0.4, 0.5) is 10.1 Å². The number of carbonyl (C=O) groups excluding carboxylic acids is 2. The number of aryl methyl sites for hydroxylation is 1. The Hall–Kier alpha value is -2.67. The van der Waals surface area contributed by atoms with Crippen molar-refractivity contribution >= 4 is 17.5 Å². The second-order valence-corrected chi connectivity index (χ2v) is 7.52. The van der Waals surface area contributed by atoms with E-state index < -0.39 is 0 Å². The minimum Gasteiger partial charge on any atom is -0.347 e. The number of hydrogen-bond acceptors (Lipinski definition) is 3. The first-order valence-corrected chi connectivity index (χ1v) is 9.07. The fraction of sp³-hybridized carbons (Fsp3) is 0.400. The van der Waals surface area contributed by atoms with Crippen LogP contribution in [0.2, 0.25) is 0 Å². The minimum absolute atomic E-state index is 0.00183. The molecule has 3 heterocycles. The van der Waals surface area contributed by atoms with E-state index in [1.165, 1.54) is 12.1 Å². The fourth-order valence-electron chi connectivity index (χ4n) is 4.15. The molecule has 1 spiro atoms. The molecule has 6 nitrogen and oxygen atoms in total. The monoisotopic (exact) mass is 370 g/mol. The fourth-order valence-corrected chi connectivity index (χ4v) is 4.15. The van der Waals surface area contributed by atoms with Crippen LogP contribution < -0.4 is 4.90 Å². The van der Waals surface area contributed by atoms with Crippen molar-refractivity contribution in [2.75, 3.05) is 38.1 Å². The minimum atomic E-state index is -0.361. The molecule has 1 aromatic carbocycles. The third kappa shape index (κ3) is 3.02. The molecule has 0 bridgehead atoms. The maximum atomic E-state index is 13.7. The van der Waals surface area contributed by atoms with E-state index >= 15 is 0 Å². The van der Waals surface area contributed by atoms with Crippen molar-refractivity contribution in [2.24, 2.45) is 7.05 Å². The number of piperazine rings is 1. The highest BCUT2D eigenvalue weighted by Gasteiger charge is 2.48. The van der Waals surface area contributed by atoms with Gasteiger partial charge in [-0.05, 0) is 43.8 Å². The number of hydrogen-bond donors (Lipinski definition) is 0. The molecule has 0 unspecified atom stereocenters. The van der Waals surface area contributed by atoms with E-state index in [9.17, 15) is 14.0 Å². The second kappa shape index (κ2) is 6.49. The number of nitrogens with zero attached hydrogens (tertiary/aromatic N) is 4. The van der Waals surface area contributed by atoms with Crippen LogP contribution in [-0.2, 0) is 11.8 Å². The summed E-state index contributed by atoms with van der Waals surface area (Å²) in [5.41, 5.74) is 0.907. The zero-order valence-electron chi connectivity index (χ0n) is 15.6. The van der Waals surface area contributed by atoms with Crippen LogP contribution in [0, 0.1) is 5.82 Å². The molecule has 142 valence electrons. The van der Waals surface area contributed by atoms with E-state index in [1.807, 2.05) is 46.8 Å². The lowest BCUT2D eigenvalue weighted by Gasteiger charge is -2.46. The van der Waals surface area contributed by atoms with Gasteiger partial charge in [-0.2, -0.15) is 0 Å². The molecular formula is C20H23FN4O2. The van der Waals surface area contributed by atoms with Crippen molar-refractivity contribution in [3.05, 3.63) is 54.1 Å². The predicted octanol–water partition coefficient (Wildman–Crippen LogP) is 1.73. The third-order valence-electron chi connectivity index (χ3n) is 5.84.